The van der Waals surface area contributed by atoms with E-state index in [1.165, 1.54) is 0 Å². The predicted octanol–water partition coefficient (Wildman–Crippen LogP) is 2.12. The third-order valence-electron chi connectivity index (χ3n) is 3.63. The number of fused-ring (bicyclic) bond motifs is 1. The number of hydrogen-bond acceptors (Lipinski definition) is 3. The quantitative estimate of drug-likeness (QED) is 0.505. The number of halogens is 4. The molecule has 0 unspecified atom stereocenters. The van der Waals surface area contributed by atoms with Gasteiger partial charge in [0.1, 0.15) is 5.56 Å². The van der Waals surface area contributed by atoms with Gasteiger partial charge in [-0.3, -0.25) is 4.79 Å². The topological polar surface area (TPSA) is 85.3 Å². The van der Waals surface area contributed by atoms with Gasteiger partial charge in [0.15, 0.2) is 23.2 Å². The average molecular weight is 316 g/mol. The lowest BCUT2D eigenvalue weighted by molar-refractivity contribution is 0.0694. The Hall–Kier alpha value is -2.58. The fourth-order valence-electron chi connectivity index (χ4n) is 2.32. The number of carboxylic acid groups (broad SMARTS) is 1. The zero-order valence-corrected chi connectivity index (χ0v) is 10.8. The van der Waals surface area contributed by atoms with Gasteiger partial charge in [-0.15, -0.1) is 0 Å². The molecule has 2 aromatic rings. The number of nitrogens with two attached hydrogens (primary N) is 1. The molecule has 1 aliphatic carbocycles. The van der Waals surface area contributed by atoms with Crippen molar-refractivity contribution in [3.8, 4) is 0 Å². The number of anilines is 1. The Labute approximate surface area is 119 Å². The van der Waals surface area contributed by atoms with Crippen molar-refractivity contribution in [2.75, 3.05) is 5.73 Å². The maximum atomic E-state index is 14.3. The minimum absolute atomic E-state index is 0.0810. The fraction of sp³-hybridized carbons (Fsp3) is 0.231. The second-order valence-corrected chi connectivity index (χ2v) is 5.04. The van der Waals surface area contributed by atoms with Gasteiger partial charge >= 0.3 is 5.97 Å². The summed E-state index contributed by atoms with van der Waals surface area (Å²) in [5.41, 5.74) is 1.13. The molecule has 1 aromatic heterocycles. The molecule has 0 saturated heterocycles. The second kappa shape index (κ2) is 4.21. The highest BCUT2D eigenvalue weighted by Gasteiger charge is 2.47. The summed E-state index contributed by atoms with van der Waals surface area (Å²) in [5.74, 6) is -9.44. The van der Waals surface area contributed by atoms with Crippen molar-refractivity contribution < 1.29 is 27.5 Å². The molecule has 0 atom stereocenters. The largest absolute Gasteiger partial charge is 0.477 e. The number of nitrogen functional groups attached to an aromatic ring is 1. The van der Waals surface area contributed by atoms with Crippen molar-refractivity contribution in [2.24, 2.45) is 0 Å². The van der Waals surface area contributed by atoms with Crippen LogP contribution in [0.3, 0.4) is 0 Å². The molecule has 22 heavy (non-hydrogen) atoms. The van der Waals surface area contributed by atoms with Crippen LogP contribution in [0, 0.1) is 17.5 Å². The van der Waals surface area contributed by atoms with E-state index in [1.54, 1.807) is 0 Å². The van der Waals surface area contributed by atoms with Crippen LogP contribution in [0.25, 0.3) is 10.9 Å². The highest BCUT2D eigenvalue weighted by Crippen LogP contribution is 2.47. The maximum Gasteiger partial charge on any atom is 0.341 e. The third kappa shape index (κ3) is 1.71. The molecule has 0 spiro atoms. The lowest BCUT2D eigenvalue weighted by Crippen LogP contribution is -2.25. The summed E-state index contributed by atoms with van der Waals surface area (Å²) in [4.78, 5) is 23.1. The monoisotopic (exact) mass is 316 g/mol. The summed E-state index contributed by atoms with van der Waals surface area (Å²) in [6.07, 6.45) is 0.421. The highest BCUT2D eigenvalue weighted by atomic mass is 19.2. The smallest absolute Gasteiger partial charge is 0.341 e. The van der Waals surface area contributed by atoms with E-state index in [0.29, 0.717) is 10.8 Å². The predicted molar refractivity (Wildman–Crippen MR) is 67.8 cm³/mol. The van der Waals surface area contributed by atoms with Crippen molar-refractivity contribution in [2.45, 2.75) is 18.6 Å². The Morgan fingerprint density at radius 2 is 1.82 bits per heavy atom. The van der Waals surface area contributed by atoms with Gasteiger partial charge in [0.2, 0.25) is 5.43 Å². The standard InChI is InChI=1S/C13H8F4N2O3/c14-6-7(15)9(18)5-10(8(6)16)19(13(17)1-2-13)3-4(11(5)20)12(21)22/h3H,1-2,18H2,(H,21,22). The van der Waals surface area contributed by atoms with Crippen LogP contribution in [-0.4, -0.2) is 15.6 Å². The minimum atomic E-state index is -2.16. The first kappa shape index (κ1) is 14.4. The van der Waals surface area contributed by atoms with Crippen molar-refractivity contribution in [3.05, 3.63) is 39.4 Å². The van der Waals surface area contributed by atoms with Crippen molar-refractivity contribution in [1.29, 1.82) is 0 Å². The molecule has 0 aliphatic heterocycles. The van der Waals surface area contributed by atoms with Crippen LogP contribution in [0.1, 0.15) is 23.2 Å². The van der Waals surface area contributed by atoms with E-state index >= 15 is 0 Å². The van der Waals surface area contributed by atoms with Crippen LogP contribution < -0.4 is 11.2 Å². The van der Waals surface area contributed by atoms with E-state index in [0.717, 1.165) is 0 Å². The molecule has 9 heteroatoms. The molecule has 0 amide bonds. The number of carbonyl (C=O) groups is 1. The van der Waals surface area contributed by atoms with Crippen molar-refractivity contribution >= 4 is 22.6 Å². The van der Waals surface area contributed by atoms with Gasteiger partial charge < -0.3 is 15.4 Å². The lowest BCUT2D eigenvalue weighted by atomic mass is 10.1. The van der Waals surface area contributed by atoms with Crippen molar-refractivity contribution in [1.82, 2.24) is 4.57 Å². The number of alkyl halides is 1. The van der Waals surface area contributed by atoms with Crippen LogP contribution in [0.4, 0.5) is 23.2 Å². The number of rotatable bonds is 2. The van der Waals surface area contributed by atoms with E-state index in [4.69, 9.17) is 10.8 Å². The van der Waals surface area contributed by atoms with Gasteiger partial charge in [0, 0.05) is 19.0 Å². The maximum absolute atomic E-state index is 14.3. The first-order chi connectivity index (χ1) is 10.2. The van der Waals surface area contributed by atoms with Crippen LogP contribution in [0.5, 0.6) is 0 Å². The van der Waals surface area contributed by atoms with E-state index < -0.39 is 56.8 Å². The van der Waals surface area contributed by atoms with E-state index in [1.807, 2.05) is 0 Å². The minimum Gasteiger partial charge on any atom is -0.477 e. The van der Waals surface area contributed by atoms with Crippen LogP contribution in [0.2, 0.25) is 0 Å². The summed E-state index contributed by atoms with van der Waals surface area (Å²) in [7, 11) is 0. The molecule has 1 fully saturated rings. The van der Waals surface area contributed by atoms with Gasteiger partial charge in [-0.1, -0.05) is 0 Å². The summed E-state index contributed by atoms with van der Waals surface area (Å²) in [5, 5.41) is 8.09. The van der Waals surface area contributed by atoms with Gasteiger partial charge in [-0.25, -0.2) is 22.4 Å². The van der Waals surface area contributed by atoms with Gasteiger partial charge in [-0.2, -0.15) is 0 Å². The number of benzene rings is 1. The summed E-state index contributed by atoms with van der Waals surface area (Å²) >= 11 is 0. The Morgan fingerprint density at radius 3 is 2.32 bits per heavy atom. The number of carboxylic acids is 1. The lowest BCUT2D eigenvalue weighted by Gasteiger charge is -2.17. The van der Waals surface area contributed by atoms with E-state index in [2.05, 4.69) is 0 Å². The van der Waals surface area contributed by atoms with Crippen LogP contribution in [0.15, 0.2) is 11.0 Å². The molecule has 0 radical (unpaired) electrons. The Kier molecular flexibility index (Phi) is 2.75. The molecule has 3 N–H and O–H groups in total. The molecule has 0 bridgehead atoms. The van der Waals surface area contributed by atoms with Crippen molar-refractivity contribution in [3.63, 3.8) is 0 Å². The first-order valence-electron chi connectivity index (χ1n) is 6.13. The average Bonchev–Trinajstić information content (AvgIpc) is 3.20. The normalized spacial score (nSPS) is 16.0. The molecular formula is C13H8F4N2O3. The zero-order valence-electron chi connectivity index (χ0n) is 10.8. The zero-order chi connectivity index (χ0) is 16.4. The molecule has 3 rings (SSSR count). The fourth-order valence-corrected chi connectivity index (χ4v) is 2.32. The number of hydrogen-bond donors (Lipinski definition) is 2. The Balaban J connectivity index is 2.62. The summed E-state index contributed by atoms with van der Waals surface area (Å²) in [6.45, 7) is 0. The summed E-state index contributed by atoms with van der Waals surface area (Å²) in [6, 6.07) is 0. The molecule has 1 heterocycles. The summed E-state index contributed by atoms with van der Waals surface area (Å²) < 4.78 is 55.9. The number of nitrogens with zero attached hydrogens (tertiary/aromatic N) is 1. The molecular weight excluding hydrogens is 308 g/mol. The number of aromatic nitrogens is 1. The molecule has 116 valence electrons. The SMILES string of the molecule is Nc1c(F)c(F)c(F)c2c1c(=O)c(C(=O)O)cn2C1(F)CC1. The highest BCUT2D eigenvalue weighted by molar-refractivity contribution is 5.97. The molecule has 1 aliphatic rings. The molecule has 5 nitrogen and oxygen atoms in total. The first-order valence-corrected chi connectivity index (χ1v) is 6.13. The van der Waals surface area contributed by atoms with E-state index in [-0.39, 0.29) is 12.8 Å². The molecule has 1 saturated carbocycles. The second-order valence-electron chi connectivity index (χ2n) is 5.04. The third-order valence-corrected chi connectivity index (χ3v) is 3.63. The Morgan fingerprint density at radius 1 is 1.23 bits per heavy atom. The van der Waals surface area contributed by atoms with Gasteiger partial charge in [-0.05, 0) is 0 Å². The number of aromatic carboxylic acids is 1. The van der Waals surface area contributed by atoms with E-state index in [9.17, 15) is 27.2 Å². The Bertz CT molecular complexity index is 903. The van der Waals surface area contributed by atoms with Gasteiger partial charge in [0.05, 0.1) is 16.6 Å². The van der Waals surface area contributed by atoms with Crippen LogP contribution >= 0.6 is 0 Å². The van der Waals surface area contributed by atoms with Crippen LogP contribution in [-0.2, 0) is 5.79 Å². The number of pyridine rings is 1. The van der Waals surface area contributed by atoms with Gasteiger partial charge in [0.25, 0.3) is 0 Å². The molecule has 1 aromatic carbocycles.